The average Bonchev–Trinajstić information content (AvgIpc) is 3.00. The minimum atomic E-state index is -0.517. The first-order chi connectivity index (χ1) is 14.2. The lowest BCUT2D eigenvalue weighted by atomic mass is 9.42. The van der Waals surface area contributed by atoms with E-state index in [1.807, 2.05) is 6.08 Å². The van der Waals surface area contributed by atoms with Gasteiger partial charge in [0.25, 0.3) is 0 Å². The Bertz CT molecular complexity index is 776. The number of carbonyl (C=O) groups is 2. The molecule has 0 radical (unpaired) electrons. The molecule has 0 aromatic rings. The number of esters is 2. The normalized spacial score (nSPS) is 47.1. The topological polar surface area (TPSA) is 82.0 Å². The highest BCUT2D eigenvalue weighted by atomic mass is 16.5. The monoisotopic (exact) mass is 417 g/mol. The molecular weight excluding hydrogens is 382 g/mol. The average molecular weight is 418 g/mol. The summed E-state index contributed by atoms with van der Waals surface area (Å²) in [5.74, 6) is 0.725. The molecule has 166 valence electrons. The van der Waals surface area contributed by atoms with Crippen molar-refractivity contribution in [3.05, 3.63) is 0 Å². The van der Waals surface area contributed by atoms with E-state index < -0.39 is 5.54 Å². The molecule has 0 aromatic carbocycles. The van der Waals surface area contributed by atoms with Gasteiger partial charge in [-0.1, -0.05) is 13.8 Å². The van der Waals surface area contributed by atoms with E-state index in [1.165, 1.54) is 14.0 Å². The highest BCUT2D eigenvalue weighted by molar-refractivity contribution is 5.74. The van der Waals surface area contributed by atoms with Crippen molar-refractivity contribution in [2.24, 2.45) is 39.5 Å². The van der Waals surface area contributed by atoms with Crippen LogP contribution in [0.4, 0.5) is 0 Å². The third-order valence-electron chi connectivity index (χ3n) is 9.87. The first kappa shape index (κ1) is 21.5. The molecule has 30 heavy (non-hydrogen) atoms. The second-order valence-electron chi connectivity index (χ2n) is 10.7. The number of isocyanates is 1. The van der Waals surface area contributed by atoms with Crippen LogP contribution in [-0.2, 0) is 23.9 Å². The number of methoxy groups -OCH3 is 1. The largest absolute Gasteiger partial charge is 0.469 e. The van der Waals surface area contributed by atoms with Crippen LogP contribution < -0.4 is 0 Å². The zero-order chi connectivity index (χ0) is 21.7. The fourth-order valence-electron chi connectivity index (χ4n) is 8.40. The van der Waals surface area contributed by atoms with Gasteiger partial charge in [-0.3, -0.25) is 9.59 Å². The molecule has 0 aliphatic heterocycles. The van der Waals surface area contributed by atoms with Gasteiger partial charge in [0.1, 0.15) is 6.10 Å². The van der Waals surface area contributed by atoms with Crippen molar-refractivity contribution >= 4 is 18.0 Å². The van der Waals surface area contributed by atoms with Gasteiger partial charge in [0, 0.05) is 12.3 Å². The van der Waals surface area contributed by atoms with Crippen molar-refractivity contribution in [1.82, 2.24) is 0 Å². The van der Waals surface area contributed by atoms with Crippen molar-refractivity contribution < 1.29 is 23.9 Å². The summed E-state index contributed by atoms with van der Waals surface area (Å²) in [6, 6.07) is 0. The third-order valence-corrected chi connectivity index (χ3v) is 9.87. The van der Waals surface area contributed by atoms with Gasteiger partial charge in [-0.2, -0.15) is 4.99 Å². The van der Waals surface area contributed by atoms with Crippen LogP contribution in [-0.4, -0.2) is 36.8 Å². The van der Waals surface area contributed by atoms with Gasteiger partial charge >= 0.3 is 11.9 Å². The first-order valence-electron chi connectivity index (χ1n) is 11.6. The summed E-state index contributed by atoms with van der Waals surface area (Å²) in [6.45, 7) is 6.06. The minimum Gasteiger partial charge on any atom is -0.469 e. The maximum absolute atomic E-state index is 12.6. The number of rotatable bonds is 3. The molecule has 0 bridgehead atoms. The zero-order valence-electron chi connectivity index (χ0n) is 18.7. The van der Waals surface area contributed by atoms with Gasteiger partial charge in [-0.05, 0) is 81.0 Å². The number of fused-ring (bicyclic) bond motifs is 5. The molecule has 0 saturated heterocycles. The van der Waals surface area contributed by atoms with Crippen molar-refractivity contribution in [2.45, 2.75) is 90.2 Å². The van der Waals surface area contributed by atoms with E-state index in [2.05, 4.69) is 18.8 Å². The van der Waals surface area contributed by atoms with E-state index in [1.54, 1.807) is 0 Å². The first-order valence-corrected chi connectivity index (χ1v) is 11.6. The summed E-state index contributed by atoms with van der Waals surface area (Å²) in [5.41, 5.74) is -0.705. The lowest BCUT2D eigenvalue weighted by Gasteiger charge is -2.63. The SMILES string of the molecule is COC(=O)[C@H]1CC[C@@]2(N=C=O)[C@@H]3CC[C@@H]4C[C@@H](OC(C)=O)CC[C@]4(C)[C@H]3CC[C@]12C. The van der Waals surface area contributed by atoms with Crippen LogP contribution in [0.2, 0.25) is 0 Å². The summed E-state index contributed by atoms with van der Waals surface area (Å²) >= 11 is 0. The summed E-state index contributed by atoms with van der Waals surface area (Å²) in [5, 5.41) is 0. The van der Waals surface area contributed by atoms with Crippen molar-refractivity contribution in [2.75, 3.05) is 7.11 Å². The summed E-state index contributed by atoms with van der Waals surface area (Å²) in [4.78, 5) is 40.2. The van der Waals surface area contributed by atoms with E-state index in [9.17, 15) is 14.4 Å². The molecule has 0 N–H and O–H groups in total. The smallest absolute Gasteiger partial charge is 0.309 e. The Balaban J connectivity index is 1.66. The second kappa shape index (κ2) is 7.47. The molecule has 4 aliphatic rings. The molecule has 4 rings (SSSR count). The fourth-order valence-corrected chi connectivity index (χ4v) is 8.40. The molecule has 6 nitrogen and oxygen atoms in total. The number of aliphatic imine (C=N–C) groups is 1. The van der Waals surface area contributed by atoms with E-state index in [-0.39, 0.29) is 34.8 Å². The molecule has 4 fully saturated rings. The number of ether oxygens (including phenoxy) is 2. The zero-order valence-corrected chi connectivity index (χ0v) is 18.7. The number of hydrogen-bond donors (Lipinski definition) is 0. The van der Waals surface area contributed by atoms with Crippen molar-refractivity contribution in [3.8, 4) is 0 Å². The van der Waals surface area contributed by atoms with Crippen molar-refractivity contribution in [3.63, 3.8) is 0 Å². The Labute approximate surface area is 179 Å². The Hall–Kier alpha value is -1.68. The van der Waals surface area contributed by atoms with Gasteiger partial charge in [0.05, 0.1) is 18.6 Å². The van der Waals surface area contributed by atoms with Crippen LogP contribution in [0, 0.1) is 34.5 Å². The molecule has 0 heterocycles. The molecule has 8 atom stereocenters. The number of hydrogen-bond acceptors (Lipinski definition) is 6. The predicted molar refractivity (Wildman–Crippen MR) is 110 cm³/mol. The van der Waals surface area contributed by atoms with E-state index in [0.29, 0.717) is 17.8 Å². The number of nitrogens with zero attached hydrogens (tertiary/aromatic N) is 1. The lowest BCUT2D eigenvalue weighted by Crippen LogP contribution is -2.62. The quantitative estimate of drug-likeness (QED) is 0.390. The van der Waals surface area contributed by atoms with Gasteiger partial charge in [0.15, 0.2) is 0 Å². The minimum absolute atomic E-state index is 0.0307. The molecule has 0 amide bonds. The Morgan fingerprint density at radius 3 is 2.43 bits per heavy atom. The van der Waals surface area contributed by atoms with Crippen LogP contribution >= 0.6 is 0 Å². The molecule has 6 heteroatoms. The molecule has 4 aliphatic carbocycles. The number of carbonyl (C=O) groups excluding carboxylic acids is 3. The van der Waals surface area contributed by atoms with Gasteiger partial charge in [-0.15, -0.1) is 0 Å². The summed E-state index contributed by atoms with van der Waals surface area (Å²) < 4.78 is 10.7. The molecule has 4 saturated carbocycles. The maximum atomic E-state index is 12.6. The second-order valence-corrected chi connectivity index (χ2v) is 10.7. The highest BCUT2D eigenvalue weighted by Crippen LogP contribution is 2.70. The van der Waals surface area contributed by atoms with Crippen LogP contribution in [0.15, 0.2) is 4.99 Å². The van der Waals surface area contributed by atoms with Gasteiger partial charge < -0.3 is 9.47 Å². The van der Waals surface area contributed by atoms with Crippen LogP contribution in [0.3, 0.4) is 0 Å². The highest BCUT2D eigenvalue weighted by Gasteiger charge is 2.69. The maximum Gasteiger partial charge on any atom is 0.309 e. The van der Waals surface area contributed by atoms with Crippen LogP contribution in [0.1, 0.15) is 78.6 Å². The van der Waals surface area contributed by atoms with Gasteiger partial charge in [-0.25, -0.2) is 4.79 Å². The molecule has 0 unspecified atom stereocenters. The van der Waals surface area contributed by atoms with Crippen LogP contribution in [0.25, 0.3) is 0 Å². The Morgan fingerprint density at radius 2 is 1.77 bits per heavy atom. The van der Waals surface area contributed by atoms with E-state index in [4.69, 9.17) is 9.47 Å². The third kappa shape index (κ3) is 2.90. The van der Waals surface area contributed by atoms with E-state index >= 15 is 0 Å². The Morgan fingerprint density at radius 1 is 1.00 bits per heavy atom. The van der Waals surface area contributed by atoms with E-state index in [0.717, 1.165) is 57.8 Å². The standard InChI is InChI=1S/C24H35NO5/c1-15(27)30-17-7-10-22(2)16(13-17)5-6-19-18(22)8-11-23(3)20(21(28)29-4)9-12-24(19,23)25-14-26/h16-20H,5-13H2,1-4H3/t16-,17+,18+,19-,20-,22+,23-,24-/m1/s1. The van der Waals surface area contributed by atoms with Crippen molar-refractivity contribution in [1.29, 1.82) is 0 Å². The molecule has 0 spiro atoms. The summed E-state index contributed by atoms with van der Waals surface area (Å²) in [6.07, 6.45) is 10.3. The molecular formula is C24H35NO5. The predicted octanol–water partition coefficient (Wildman–Crippen LogP) is 4.21. The fraction of sp³-hybridized carbons (Fsp3) is 0.875. The lowest BCUT2D eigenvalue weighted by molar-refractivity contribution is -0.167. The van der Waals surface area contributed by atoms with Crippen LogP contribution in [0.5, 0.6) is 0 Å². The summed E-state index contributed by atoms with van der Waals surface area (Å²) in [7, 11) is 1.45. The Kier molecular flexibility index (Phi) is 5.37. The van der Waals surface area contributed by atoms with Gasteiger partial charge in [0.2, 0.25) is 6.08 Å². The molecule has 0 aromatic heterocycles.